The maximum absolute atomic E-state index is 12.0. The third kappa shape index (κ3) is 5.42. The van der Waals surface area contributed by atoms with Gasteiger partial charge < -0.3 is 10.1 Å². The summed E-state index contributed by atoms with van der Waals surface area (Å²) < 4.78 is 4.92. The van der Waals surface area contributed by atoms with Crippen molar-refractivity contribution in [2.75, 3.05) is 6.61 Å². The zero-order valence-corrected chi connectivity index (χ0v) is 16.0. The minimum atomic E-state index is -0.824. The average Bonchev–Trinajstić information content (AvgIpc) is 2.62. The van der Waals surface area contributed by atoms with Crippen LogP contribution in [-0.4, -0.2) is 23.4 Å². The van der Waals surface area contributed by atoms with Crippen molar-refractivity contribution < 1.29 is 19.2 Å². The van der Waals surface area contributed by atoms with E-state index in [0.29, 0.717) is 15.6 Å². The van der Waals surface area contributed by atoms with E-state index in [2.05, 4.69) is 5.32 Å². The summed E-state index contributed by atoms with van der Waals surface area (Å²) in [5.74, 6) is -1.35. The number of hydrogen-bond donors (Lipinski definition) is 1. The molecule has 1 amide bonds. The zero-order chi connectivity index (χ0) is 20.1. The Hall–Kier alpha value is -2.64. The van der Waals surface area contributed by atoms with Crippen LogP contribution >= 0.6 is 23.2 Å². The first-order valence-corrected chi connectivity index (χ1v) is 8.61. The maximum atomic E-state index is 12.0. The fourth-order valence-electron chi connectivity index (χ4n) is 2.30. The van der Waals surface area contributed by atoms with Gasteiger partial charge in [-0.15, -0.1) is 0 Å². The lowest BCUT2D eigenvalue weighted by Gasteiger charge is -2.15. The molecule has 0 heterocycles. The van der Waals surface area contributed by atoms with E-state index in [1.165, 1.54) is 12.1 Å². The lowest BCUT2D eigenvalue weighted by Crippen LogP contribution is -2.31. The number of halogens is 2. The molecule has 2 rings (SSSR count). The number of amides is 1. The Labute approximate surface area is 165 Å². The molecule has 0 fully saturated rings. The van der Waals surface area contributed by atoms with Gasteiger partial charge in [-0.05, 0) is 37.6 Å². The number of nitrogens with one attached hydrogen (secondary N) is 1. The first kappa shape index (κ1) is 20.7. The van der Waals surface area contributed by atoms with Crippen LogP contribution in [0.3, 0.4) is 0 Å². The topological polar surface area (TPSA) is 98.5 Å². The number of benzene rings is 2. The molecule has 1 N–H and O–H groups in total. The number of carbonyl (C=O) groups is 2. The molecule has 0 aliphatic heterocycles. The van der Waals surface area contributed by atoms with E-state index in [-0.39, 0.29) is 17.3 Å². The molecule has 0 saturated carbocycles. The van der Waals surface area contributed by atoms with E-state index in [4.69, 9.17) is 27.9 Å². The summed E-state index contributed by atoms with van der Waals surface area (Å²) in [4.78, 5) is 34.4. The fraction of sp³-hybridized carbons (Fsp3) is 0.222. The number of nitrogens with zero attached hydrogens (tertiary/aromatic N) is 1. The number of nitro groups is 1. The van der Waals surface area contributed by atoms with Gasteiger partial charge >= 0.3 is 5.97 Å². The molecule has 2 aromatic rings. The van der Waals surface area contributed by atoms with E-state index in [0.717, 1.165) is 11.6 Å². The molecule has 0 spiro atoms. The molecular formula is C18H16Cl2N2O5. The number of ether oxygens (including phenoxy) is 1. The van der Waals surface area contributed by atoms with E-state index < -0.39 is 23.4 Å². The lowest BCUT2D eigenvalue weighted by atomic mass is 10.1. The summed E-state index contributed by atoms with van der Waals surface area (Å²) in [5, 5.41) is 14.4. The van der Waals surface area contributed by atoms with Crippen LogP contribution in [0, 0.1) is 17.0 Å². The molecule has 2 aromatic carbocycles. The average molecular weight is 411 g/mol. The Kier molecular flexibility index (Phi) is 6.76. The van der Waals surface area contributed by atoms with Crippen LogP contribution in [0.4, 0.5) is 5.69 Å². The Balaban J connectivity index is 1.94. The monoisotopic (exact) mass is 410 g/mol. The van der Waals surface area contributed by atoms with Crippen LogP contribution in [0.2, 0.25) is 10.0 Å². The van der Waals surface area contributed by atoms with Crippen molar-refractivity contribution in [2.45, 2.75) is 19.9 Å². The third-order valence-corrected chi connectivity index (χ3v) is 4.54. The molecule has 1 unspecified atom stereocenters. The summed E-state index contributed by atoms with van der Waals surface area (Å²) in [7, 11) is 0. The number of aryl methyl sites for hydroxylation is 1. The fourth-order valence-corrected chi connectivity index (χ4v) is 2.60. The second kappa shape index (κ2) is 8.83. The van der Waals surface area contributed by atoms with Crippen LogP contribution in [0.25, 0.3) is 0 Å². The van der Waals surface area contributed by atoms with Gasteiger partial charge in [-0.3, -0.25) is 14.9 Å². The minimum absolute atomic E-state index is 0.00219. The predicted octanol–water partition coefficient (Wildman–Crippen LogP) is 4.24. The molecule has 27 heavy (non-hydrogen) atoms. The first-order chi connectivity index (χ1) is 12.7. The Bertz CT molecular complexity index is 901. The second-order valence-electron chi connectivity index (χ2n) is 5.80. The minimum Gasteiger partial charge on any atom is -0.452 e. The molecule has 142 valence electrons. The number of rotatable bonds is 6. The molecule has 9 heteroatoms. The van der Waals surface area contributed by atoms with E-state index in [9.17, 15) is 19.7 Å². The summed E-state index contributed by atoms with van der Waals surface area (Å²) in [6.07, 6.45) is 0. The van der Waals surface area contributed by atoms with E-state index in [1.807, 2.05) is 0 Å². The number of carbonyl (C=O) groups excluding carboxylic acids is 2. The highest BCUT2D eigenvalue weighted by Gasteiger charge is 2.18. The summed E-state index contributed by atoms with van der Waals surface area (Å²) in [5.41, 5.74) is 0.961. The standard InChI is InChI=1S/C18H16Cl2N2O5/c1-10-3-4-13(8-16(10)22(25)26)18(24)27-9-17(23)21-11(2)12-5-6-14(19)15(20)7-12/h3-8,11H,9H2,1-2H3,(H,21,23). The normalized spacial score (nSPS) is 11.6. The van der Waals surface area contributed by atoms with Gasteiger partial charge in [0.1, 0.15) is 0 Å². The van der Waals surface area contributed by atoms with Gasteiger partial charge in [-0.25, -0.2) is 4.79 Å². The van der Waals surface area contributed by atoms with Crippen LogP contribution < -0.4 is 5.32 Å². The third-order valence-electron chi connectivity index (χ3n) is 3.80. The quantitative estimate of drug-likeness (QED) is 0.436. The molecule has 0 aromatic heterocycles. The predicted molar refractivity (Wildman–Crippen MR) is 101 cm³/mol. The SMILES string of the molecule is Cc1ccc(C(=O)OCC(=O)NC(C)c2ccc(Cl)c(Cl)c2)cc1[N+](=O)[O-]. The first-order valence-electron chi connectivity index (χ1n) is 7.85. The summed E-state index contributed by atoms with van der Waals surface area (Å²) >= 11 is 11.8. The van der Waals surface area contributed by atoms with Gasteiger partial charge in [0.05, 0.1) is 26.6 Å². The van der Waals surface area contributed by atoms with Crippen LogP contribution in [0.1, 0.15) is 34.5 Å². The van der Waals surface area contributed by atoms with E-state index >= 15 is 0 Å². The Morgan fingerprint density at radius 2 is 1.89 bits per heavy atom. The number of nitro benzene ring substituents is 1. The number of esters is 1. The Morgan fingerprint density at radius 3 is 2.52 bits per heavy atom. The summed E-state index contributed by atoms with van der Waals surface area (Å²) in [6.45, 7) is 2.78. The zero-order valence-electron chi connectivity index (χ0n) is 14.5. The molecule has 7 nitrogen and oxygen atoms in total. The van der Waals surface area contributed by atoms with Crippen molar-refractivity contribution in [3.63, 3.8) is 0 Å². The van der Waals surface area contributed by atoms with Crippen LogP contribution in [0.15, 0.2) is 36.4 Å². The van der Waals surface area contributed by atoms with Gasteiger partial charge in [0, 0.05) is 11.6 Å². The molecule has 0 saturated heterocycles. The van der Waals surface area contributed by atoms with Crippen molar-refractivity contribution in [1.82, 2.24) is 5.32 Å². The van der Waals surface area contributed by atoms with Crippen molar-refractivity contribution in [1.29, 1.82) is 0 Å². The summed E-state index contributed by atoms with van der Waals surface area (Å²) in [6, 6.07) is 8.55. The highest BCUT2D eigenvalue weighted by Crippen LogP contribution is 2.25. The van der Waals surface area contributed by atoms with Crippen molar-refractivity contribution in [3.8, 4) is 0 Å². The van der Waals surface area contributed by atoms with Gasteiger partial charge in [-0.2, -0.15) is 0 Å². The number of hydrogen-bond acceptors (Lipinski definition) is 5. The highest BCUT2D eigenvalue weighted by molar-refractivity contribution is 6.42. The second-order valence-corrected chi connectivity index (χ2v) is 6.61. The van der Waals surface area contributed by atoms with Crippen LogP contribution in [0.5, 0.6) is 0 Å². The largest absolute Gasteiger partial charge is 0.452 e. The maximum Gasteiger partial charge on any atom is 0.338 e. The Morgan fingerprint density at radius 1 is 1.19 bits per heavy atom. The smallest absolute Gasteiger partial charge is 0.338 e. The van der Waals surface area contributed by atoms with Gasteiger partial charge in [0.15, 0.2) is 6.61 Å². The van der Waals surface area contributed by atoms with Crippen molar-refractivity contribution in [2.24, 2.45) is 0 Å². The molecule has 0 bridgehead atoms. The van der Waals surface area contributed by atoms with Gasteiger partial charge in [0.25, 0.3) is 11.6 Å². The molecule has 0 aliphatic rings. The van der Waals surface area contributed by atoms with Gasteiger partial charge in [0.2, 0.25) is 0 Å². The van der Waals surface area contributed by atoms with Crippen molar-refractivity contribution in [3.05, 3.63) is 73.2 Å². The molecule has 1 atom stereocenters. The lowest BCUT2D eigenvalue weighted by molar-refractivity contribution is -0.385. The molecular weight excluding hydrogens is 395 g/mol. The van der Waals surface area contributed by atoms with Crippen molar-refractivity contribution >= 4 is 40.8 Å². The van der Waals surface area contributed by atoms with E-state index in [1.54, 1.807) is 32.0 Å². The molecule has 0 radical (unpaired) electrons. The van der Waals surface area contributed by atoms with Gasteiger partial charge in [-0.1, -0.05) is 35.3 Å². The molecule has 0 aliphatic carbocycles. The van der Waals surface area contributed by atoms with Crippen LogP contribution in [-0.2, 0) is 9.53 Å². The highest BCUT2D eigenvalue weighted by atomic mass is 35.5.